The Labute approximate surface area is 103 Å². The molecule has 1 aromatic heterocycles. The molecule has 0 radical (unpaired) electrons. The minimum Gasteiger partial charge on any atom is -0.324 e. The third-order valence-corrected chi connectivity index (χ3v) is 2.55. The SMILES string of the molecule is Cc1cc(Br)cc(Nc2nccc(C)n2)c1. The summed E-state index contributed by atoms with van der Waals surface area (Å²) in [4.78, 5) is 8.45. The zero-order valence-corrected chi connectivity index (χ0v) is 10.7. The first kappa shape index (κ1) is 11.1. The van der Waals surface area contributed by atoms with Crippen LogP contribution in [0.15, 0.2) is 34.9 Å². The van der Waals surface area contributed by atoms with E-state index in [1.54, 1.807) is 6.20 Å². The first-order valence-electron chi connectivity index (χ1n) is 4.97. The van der Waals surface area contributed by atoms with Crippen molar-refractivity contribution in [2.45, 2.75) is 13.8 Å². The average Bonchev–Trinajstić information content (AvgIpc) is 2.15. The summed E-state index contributed by atoms with van der Waals surface area (Å²) >= 11 is 3.46. The summed E-state index contributed by atoms with van der Waals surface area (Å²) in [5.41, 5.74) is 3.12. The van der Waals surface area contributed by atoms with Crippen LogP contribution in [0.25, 0.3) is 0 Å². The van der Waals surface area contributed by atoms with E-state index in [-0.39, 0.29) is 0 Å². The Hall–Kier alpha value is -1.42. The van der Waals surface area contributed by atoms with Crippen LogP contribution in [0.3, 0.4) is 0 Å². The molecule has 2 aromatic rings. The van der Waals surface area contributed by atoms with Crippen LogP contribution in [-0.4, -0.2) is 9.97 Å². The van der Waals surface area contributed by atoms with Gasteiger partial charge in [-0.15, -0.1) is 0 Å². The van der Waals surface area contributed by atoms with Gasteiger partial charge in [0.05, 0.1) is 0 Å². The summed E-state index contributed by atoms with van der Waals surface area (Å²) in [5, 5.41) is 3.17. The van der Waals surface area contributed by atoms with Crippen LogP contribution in [0.2, 0.25) is 0 Å². The van der Waals surface area contributed by atoms with Crippen LogP contribution in [0.4, 0.5) is 11.6 Å². The maximum absolute atomic E-state index is 4.29. The van der Waals surface area contributed by atoms with E-state index in [1.807, 2.05) is 26.0 Å². The minimum atomic E-state index is 0.623. The molecule has 1 N–H and O–H groups in total. The van der Waals surface area contributed by atoms with E-state index in [9.17, 15) is 0 Å². The molecule has 0 aliphatic rings. The molecule has 82 valence electrons. The van der Waals surface area contributed by atoms with E-state index in [0.717, 1.165) is 15.9 Å². The van der Waals surface area contributed by atoms with Crippen molar-refractivity contribution in [3.63, 3.8) is 0 Å². The Morgan fingerprint density at radius 2 is 2.00 bits per heavy atom. The van der Waals surface area contributed by atoms with Gasteiger partial charge in [0.15, 0.2) is 0 Å². The molecule has 0 fully saturated rings. The van der Waals surface area contributed by atoms with Gasteiger partial charge in [0.25, 0.3) is 0 Å². The van der Waals surface area contributed by atoms with Crippen molar-refractivity contribution < 1.29 is 0 Å². The maximum atomic E-state index is 4.29. The number of nitrogens with zero attached hydrogens (tertiary/aromatic N) is 2. The molecule has 4 heteroatoms. The van der Waals surface area contributed by atoms with Gasteiger partial charge in [0.1, 0.15) is 0 Å². The molecule has 1 aromatic carbocycles. The molecule has 0 saturated heterocycles. The number of hydrogen-bond donors (Lipinski definition) is 1. The van der Waals surface area contributed by atoms with Gasteiger partial charge >= 0.3 is 0 Å². The van der Waals surface area contributed by atoms with Crippen LogP contribution in [0.1, 0.15) is 11.3 Å². The highest BCUT2D eigenvalue weighted by atomic mass is 79.9. The fraction of sp³-hybridized carbons (Fsp3) is 0.167. The molecule has 0 aliphatic carbocycles. The second kappa shape index (κ2) is 4.61. The lowest BCUT2D eigenvalue weighted by Gasteiger charge is -2.06. The zero-order chi connectivity index (χ0) is 11.5. The molecular weight excluding hydrogens is 266 g/mol. The summed E-state index contributed by atoms with van der Waals surface area (Å²) in [6, 6.07) is 7.98. The lowest BCUT2D eigenvalue weighted by molar-refractivity contribution is 1.10. The van der Waals surface area contributed by atoms with Crippen LogP contribution >= 0.6 is 15.9 Å². The van der Waals surface area contributed by atoms with E-state index in [0.29, 0.717) is 5.95 Å². The van der Waals surface area contributed by atoms with Crippen LogP contribution in [0.5, 0.6) is 0 Å². The summed E-state index contributed by atoms with van der Waals surface area (Å²) in [6.07, 6.45) is 1.75. The normalized spacial score (nSPS) is 10.2. The largest absolute Gasteiger partial charge is 0.324 e. The van der Waals surface area contributed by atoms with Gasteiger partial charge in [-0.25, -0.2) is 9.97 Å². The van der Waals surface area contributed by atoms with Crippen molar-refractivity contribution >= 4 is 27.6 Å². The third-order valence-electron chi connectivity index (χ3n) is 2.09. The first-order valence-corrected chi connectivity index (χ1v) is 5.77. The Balaban J connectivity index is 2.27. The molecule has 16 heavy (non-hydrogen) atoms. The number of hydrogen-bond acceptors (Lipinski definition) is 3. The van der Waals surface area contributed by atoms with Crippen LogP contribution in [-0.2, 0) is 0 Å². The number of rotatable bonds is 2. The predicted molar refractivity (Wildman–Crippen MR) is 68.9 cm³/mol. The highest BCUT2D eigenvalue weighted by Crippen LogP contribution is 2.21. The molecule has 2 rings (SSSR count). The smallest absolute Gasteiger partial charge is 0.227 e. The fourth-order valence-electron chi connectivity index (χ4n) is 1.45. The molecule has 0 amide bonds. The van der Waals surface area contributed by atoms with Crippen molar-refractivity contribution in [2.24, 2.45) is 0 Å². The van der Waals surface area contributed by atoms with Gasteiger partial charge in [0.2, 0.25) is 5.95 Å². The van der Waals surface area contributed by atoms with E-state index in [4.69, 9.17) is 0 Å². The number of benzene rings is 1. The molecular formula is C12H12BrN3. The maximum Gasteiger partial charge on any atom is 0.227 e. The Morgan fingerprint density at radius 1 is 1.19 bits per heavy atom. The lowest BCUT2D eigenvalue weighted by atomic mass is 10.2. The van der Waals surface area contributed by atoms with Gasteiger partial charge in [-0.05, 0) is 43.7 Å². The van der Waals surface area contributed by atoms with E-state index < -0.39 is 0 Å². The molecule has 0 spiro atoms. The Morgan fingerprint density at radius 3 is 2.69 bits per heavy atom. The highest BCUT2D eigenvalue weighted by molar-refractivity contribution is 9.10. The number of anilines is 2. The second-order valence-corrected chi connectivity index (χ2v) is 4.58. The van der Waals surface area contributed by atoms with Crippen LogP contribution in [0, 0.1) is 13.8 Å². The van der Waals surface area contributed by atoms with E-state index in [2.05, 4.69) is 43.3 Å². The highest BCUT2D eigenvalue weighted by Gasteiger charge is 1.99. The van der Waals surface area contributed by atoms with E-state index in [1.165, 1.54) is 5.56 Å². The summed E-state index contributed by atoms with van der Waals surface area (Å²) in [7, 11) is 0. The Kier molecular flexibility index (Phi) is 3.19. The predicted octanol–water partition coefficient (Wildman–Crippen LogP) is 3.60. The quantitative estimate of drug-likeness (QED) is 0.912. The van der Waals surface area contributed by atoms with Gasteiger partial charge in [-0.1, -0.05) is 15.9 Å². The third kappa shape index (κ3) is 2.79. The summed E-state index contributed by atoms with van der Waals surface area (Å²) in [6.45, 7) is 3.99. The monoisotopic (exact) mass is 277 g/mol. The summed E-state index contributed by atoms with van der Waals surface area (Å²) < 4.78 is 1.04. The van der Waals surface area contributed by atoms with E-state index >= 15 is 0 Å². The lowest BCUT2D eigenvalue weighted by Crippen LogP contribution is -1.97. The number of aromatic nitrogens is 2. The van der Waals surface area contributed by atoms with Crippen molar-refractivity contribution in [1.29, 1.82) is 0 Å². The topological polar surface area (TPSA) is 37.8 Å². The molecule has 1 heterocycles. The second-order valence-electron chi connectivity index (χ2n) is 3.66. The molecule has 0 unspecified atom stereocenters. The first-order chi connectivity index (χ1) is 7.63. The molecule has 0 bridgehead atoms. The molecule has 0 aliphatic heterocycles. The van der Waals surface area contributed by atoms with Crippen molar-refractivity contribution in [2.75, 3.05) is 5.32 Å². The van der Waals surface area contributed by atoms with Crippen LogP contribution < -0.4 is 5.32 Å². The zero-order valence-electron chi connectivity index (χ0n) is 9.16. The van der Waals surface area contributed by atoms with Crippen molar-refractivity contribution in [3.05, 3.63) is 46.2 Å². The van der Waals surface area contributed by atoms with Gasteiger partial charge in [-0.3, -0.25) is 0 Å². The minimum absolute atomic E-state index is 0.623. The number of halogens is 1. The Bertz CT molecular complexity index is 491. The van der Waals surface area contributed by atoms with Crippen molar-refractivity contribution in [1.82, 2.24) is 9.97 Å². The molecule has 0 atom stereocenters. The van der Waals surface area contributed by atoms with Gasteiger partial charge < -0.3 is 5.32 Å². The number of nitrogens with one attached hydrogen (secondary N) is 1. The number of aryl methyl sites for hydroxylation is 2. The molecule has 0 saturated carbocycles. The fourth-order valence-corrected chi connectivity index (χ4v) is 2.05. The van der Waals surface area contributed by atoms with Gasteiger partial charge in [0, 0.05) is 22.1 Å². The van der Waals surface area contributed by atoms with Crippen molar-refractivity contribution in [3.8, 4) is 0 Å². The molecule has 3 nitrogen and oxygen atoms in total. The average molecular weight is 278 g/mol. The standard InChI is InChI=1S/C12H12BrN3/c1-8-5-10(13)7-11(6-8)16-12-14-4-3-9(2)15-12/h3-7H,1-2H3,(H,14,15,16). The van der Waals surface area contributed by atoms with Gasteiger partial charge in [-0.2, -0.15) is 0 Å². The summed E-state index contributed by atoms with van der Waals surface area (Å²) in [5.74, 6) is 0.623.